The standard InChI is InChI=1S/C14H26N2O2/c1-11(18-2)5-8-14(17)16(13-6-7-13)10-12-4-3-9-15-12/h11-13,15H,3-10H2,1-2H3. The van der Waals surface area contributed by atoms with Crippen molar-refractivity contribution in [1.82, 2.24) is 10.2 Å². The number of nitrogens with one attached hydrogen (secondary N) is 1. The van der Waals surface area contributed by atoms with Gasteiger partial charge in [-0.2, -0.15) is 0 Å². The van der Waals surface area contributed by atoms with E-state index in [1.165, 1.54) is 25.7 Å². The molecule has 104 valence electrons. The third-order valence-corrected chi connectivity index (χ3v) is 4.05. The predicted molar refractivity (Wildman–Crippen MR) is 71.5 cm³/mol. The van der Waals surface area contributed by atoms with E-state index in [1.807, 2.05) is 6.92 Å². The van der Waals surface area contributed by atoms with Gasteiger partial charge in [-0.15, -0.1) is 0 Å². The fourth-order valence-electron chi connectivity index (χ4n) is 2.58. The highest BCUT2D eigenvalue weighted by molar-refractivity contribution is 5.77. The molecular formula is C14H26N2O2. The Hall–Kier alpha value is -0.610. The van der Waals surface area contributed by atoms with Gasteiger partial charge in [-0.1, -0.05) is 0 Å². The molecule has 1 saturated heterocycles. The minimum atomic E-state index is 0.180. The van der Waals surface area contributed by atoms with Crippen molar-refractivity contribution in [3.8, 4) is 0 Å². The van der Waals surface area contributed by atoms with Crippen molar-refractivity contribution in [1.29, 1.82) is 0 Å². The summed E-state index contributed by atoms with van der Waals surface area (Å²) in [5, 5.41) is 3.48. The average molecular weight is 254 g/mol. The van der Waals surface area contributed by atoms with Crippen LogP contribution in [0.3, 0.4) is 0 Å². The molecule has 2 atom stereocenters. The molecule has 2 aliphatic rings. The lowest BCUT2D eigenvalue weighted by molar-refractivity contribution is -0.132. The number of hydrogen-bond acceptors (Lipinski definition) is 3. The van der Waals surface area contributed by atoms with Crippen molar-refractivity contribution in [2.75, 3.05) is 20.2 Å². The maximum atomic E-state index is 12.3. The Balaban J connectivity index is 1.78. The first-order valence-electron chi connectivity index (χ1n) is 7.26. The number of nitrogens with zero attached hydrogens (tertiary/aromatic N) is 1. The van der Waals surface area contributed by atoms with E-state index in [4.69, 9.17) is 4.74 Å². The second-order valence-corrected chi connectivity index (χ2v) is 5.66. The van der Waals surface area contributed by atoms with Crippen molar-refractivity contribution in [3.05, 3.63) is 0 Å². The van der Waals surface area contributed by atoms with Crippen molar-refractivity contribution >= 4 is 5.91 Å². The van der Waals surface area contributed by atoms with Crippen LogP contribution in [0.5, 0.6) is 0 Å². The molecule has 2 unspecified atom stereocenters. The topological polar surface area (TPSA) is 41.6 Å². The Morgan fingerprint density at radius 3 is 2.78 bits per heavy atom. The van der Waals surface area contributed by atoms with Gasteiger partial charge in [0.2, 0.25) is 5.91 Å². The number of ether oxygens (including phenoxy) is 1. The molecule has 1 aliphatic heterocycles. The molecule has 0 bridgehead atoms. The maximum absolute atomic E-state index is 12.3. The molecule has 0 spiro atoms. The van der Waals surface area contributed by atoms with Crippen LogP contribution in [-0.2, 0) is 9.53 Å². The second kappa shape index (κ2) is 6.53. The maximum Gasteiger partial charge on any atom is 0.222 e. The average Bonchev–Trinajstić information content (AvgIpc) is 3.09. The van der Waals surface area contributed by atoms with Gasteiger partial charge in [0.05, 0.1) is 6.10 Å². The molecule has 0 radical (unpaired) electrons. The highest BCUT2D eigenvalue weighted by Crippen LogP contribution is 2.28. The van der Waals surface area contributed by atoms with E-state index in [0.29, 0.717) is 24.4 Å². The van der Waals surface area contributed by atoms with Crippen LogP contribution >= 0.6 is 0 Å². The summed E-state index contributed by atoms with van der Waals surface area (Å²) in [7, 11) is 1.70. The molecule has 0 aromatic carbocycles. The summed E-state index contributed by atoms with van der Waals surface area (Å²) in [6, 6.07) is 1.05. The molecule has 2 fully saturated rings. The van der Waals surface area contributed by atoms with E-state index in [-0.39, 0.29) is 6.10 Å². The van der Waals surface area contributed by atoms with Crippen LogP contribution in [0.15, 0.2) is 0 Å². The third kappa shape index (κ3) is 3.95. The van der Waals surface area contributed by atoms with E-state index in [1.54, 1.807) is 7.11 Å². The highest BCUT2D eigenvalue weighted by atomic mass is 16.5. The lowest BCUT2D eigenvalue weighted by Gasteiger charge is -2.26. The molecule has 1 amide bonds. The van der Waals surface area contributed by atoms with E-state index in [9.17, 15) is 4.79 Å². The van der Waals surface area contributed by atoms with Crippen molar-refractivity contribution in [2.24, 2.45) is 0 Å². The lowest BCUT2D eigenvalue weighted by atomic mass is 10.1. The zero-order valence-electron chi connectivity index (χ0n) is 11.7. The lowest BCUT2D eigenvalue weighted by Crippen LogP contribution is -2.42. The van der Waals surface area contributed by atoms with Crippen molar-refractivity contribution < 1.29 is 9.53 Å². The van der Waals surface area contributed by atoms with E-state index < -0.39 is 0 Å². The van der Waals surface area contributed by atoms with Gasteiger partial charge >= 0.3 is 0 Å². The fraction of sp³-hybridized carbons (Fsp3) is 0.929. The highest BCUT2D eigenvalue weighted by Gasteiger charge is 2.34. The molecule has 18 heavy (non-hydrogen) atoms. The van der Waals surface area contributed by atoms with Crippen LogP contribution in [0, 0.1) is 0 Å². The Labute approximate surface area is 110 Å². The smallest absolute Gasteiger partial charge is 0.222 e. The summed E-state index contributed by atoms with van der Waals surface area (Å²) in [6.45, 7) is 4.04. The Kier molecular flexibility index (Phi) is 5.01. The number of amides is 1. The summed E-state index contributed by atoms with van der Waals surface area (Å²) in [5.41, 5.74) is 0. The van der Waals surface area contributed by atoms with Crippen LogP contribution < -0.4 is 5.32 Å². The van der Waals surface area contributed by atoms with Crippen molar-refractivity contribution in [3.63, 3.8) is 0 Å². The van der Waals surface area contributed by atoms with E-state index in [2.05, 4.69) is 10.2 Å². The summed E-state index contributed by atoms with van der Waals surface area (Å²) < 4.78 is 5.21. The van der Waals surface area contributed by atoms with Gasteiger partial charge in [0.25, 0.3) is 0 Å². The van der Waals surface area contributed by atoms with Gasteiger partial charge in [-0.25, -0.2) is 0 Å². The number of rotatable bonds is 7. The quantitative estimate of drug-likeness (QED) is 0.749. The van der Waals surface area contributed by atoms with E-state index in [0.717, 1.165) is 19.5 Å². The molecule has 1 saturated carbocycles. The molecule has 4 nitrogen and oxygen atoms in total. The van der Waals surface area contributed by atoms with Gasteiger partial charge in [0, 0.05) is 32.2 Å². The van der Waals surface area contributed by atoms with Crippen LogP contribution in [-0.4, -0.2) is 49.2 Å². The van der Waals surface area contributed by atoms with Crippen LogP contribution in [0.25, 0.3) is 0 Å². The molecule has 1 aliphatic carbocycles. The zero-order valence-corrected chi connectivity index (χ0v) is 11.7. The van der Waals surface area contributed by atoms with Crippen molar-refractivity contribution in [2.45, 2.75) is 63.6 Å². The molecule has 1 N–H and O–H groups in total. The van der Waals surface area contributed by atoms with Gasteiger partial charge in [-0.05, 0) is 45.6 Å². The number of methoxy groups -OCH3 is 1. The van der Waals surface area contributed by atoms with E-state index >= 15 is 0 Å². The first-order chi connectivity index (χ1) is 8.70. The monoisotopic (exact) mass is 254 g/mol. The van der Waals surface area contributed by atoms with Gasteiger partial charge in [-0.3, -0.25) is 4.79 Å². The molecule has 4 heteroatoms. The second-order valence-electron chi connectivity index (χ2n) is 5.66. The number of carbonyl (C=O) groups excluding carboxylic acids is 1. The van der Waals surface area contributed by atoms with Crippen LogP contribution in [0.2, 0.25) is 0 Å². The zero-order chi connectivity index (χ0) is 13.0. The van der Waals surface area contributed by atoms with Gasteiger partial charge in [0.15, 0.2) is 0 Å². The molecule has 2 rings (SSSR count). The largest absolute Gasteiger partial charge is 0.382 e. The summed E-state index contributed by atoms with van der Waals surface area (Å²) in [4.78, 5) is 14.4. The molecular weight excluding hydrogens is 228 g/mol. The first-order valence-corrected chi connectivity index (χ1v) is 7.26. The Morgan fingerprint density at radius 1 is 1.44 bits per heavy atom. The summed E-state index contributed by atoms with van der Waals surface area (Å²) >= 11 is 0. The minimum Gasteiger partial charge on any atom is -0.382 e. The van der Waals surface area contributed by atoms with Gasteiger partial charge in [0.1, 0.15) is 0 Å². The summed E-state index contributed by atoms with van der Waals surface area (Å²) in [6.07, 6.45) is 6.48. The van der Waals surface area contributed by atoms with Crippen LogP contribution in [0.1, 0.15) is 45.4 Å². The molecule has 1 heterocycles. The Bertz CT molecular complexity index is 273. The minimum absolute atomic E-state index is 0.180. The third-order valence-electron chi connectivity index (χ3n) is 4.05. The fourth-order valence-corrected chi connectivity index (χ4v) is 2.58. The first kappa shape index (κ1) is 13.8. The number of carbonyl (C=O) groups is 1. The SMILES string of the molecule is COC(C)CCC(=O)N(CC1CCCN1)C1CC1. The van der Waals surface area contributed by atoms with Crippen LogP contribution in [0.4, 0.5) is 0 Å². The molecule has 0 aromatic rings. The number of hydrogen-bond donors (Lipinski definition) is 1. The normalized spacial score (nSPS) is 25.1. The summed E-state index contributed by atoms with van der Waals surface area (Å²) in [5.74, 6) is 0.315. The molecule has 0 aromatic heterocycles. The van der Waals surface area contributed by atoms with Gasteiger partial charge < -0.3 is 15.0 Å². The Morgan fingerprint density at radius 2 is 2.22 bits per heavy atom. The predicted octanol–water partition coefficient (Wildman–Crippen LogP) is 1.54.